The maximum absolute atomic E-state index is 12.4. The van der Waals surface area contributed by atoms with E-state index in [0.29, 0.717) is 24.6 Å². The number of nitrogens with one attached hydrogen (secondary N) is 2. The van der Waals surface area contributed by atoms with Crippen LogP contribution in [0.5, 0.6) is 5.75 Å². The molecule has 2 amide bonds. The second-order valence-corrected chi connectivity index (χ2v) is 8.68. The van der Waals surface area contributed by atoms with Crippen molar-refractivity contribution in [1.29, 1.82) is 0 Å². The first kappa shape index (κ1) is 19.2. The fourth-order valence-electron chi connectivity index (χ4n) is 4.36. The lowest BCUT2D eigenvalue weighted by atomic mass is 9.93. The molecular formula is C22H31N3O3. The third-order valence-electron chi connectivity index (χ3n) is 6.43. The minimum atomic E-state index is -0.159. The molecule has 1 aliphatic heterocycles. The number of rotatable bonds is 8. The highest BCUT2D eigenvalue weighted by Gasteiger charge is 2.38. The van der Waals surface area contributed by atoms with Gasteiger partial charge in [0.05, 0.1) is 0 Å². The van der Waals surface area contributed by atoms with E-state index in [0.717, 1.165) is 38.1 Å². The van der Waals surface area contributed by atoms with E-state index in [1.54, 1.807) is 18.2 Å². The summed E-state index contributed by atoms with van der Waals surface area (Å²) < 4.78 is 0. The number of nitrogens with zero attached hydrogens (tertiary/aromatic N) is 1. The highest BCUT2D eigenvalue weighted by molar-refractivity contribution is 5.94. The van der Waals surface area contributed by atoms with Crippen LogP contribution in [0, 0.1) is 5.92 Å². The van der Waals surface area contributed by atoms with Crippen LogP contribution < -0.4 is 10.6 Å². The van der Waals surface area contributed by atoms with Crippen molar-refractivity contribution >= 4 is 11.8 Å². The Labute approximate surface area is 166 Å². The first-order chi connectivity index (χ1) is 13.6. The van der Waals surface area contributed by atoms with Crippen LogP contribution in [0.25, 0.3) is 0 Å². The van der Waals surface area contributed by atoms with Crippen molar-refractivity contribution in [2.75, 3.05) is 13.1 Å². The van der Waals surface area contributed by atoms with Gasteiger partial charge in [0.1, 0.15) is 5.75 Å². The summed E-state index contributed by atoms with van der Waals surface area (Å²) in [5.41, 5.74) is 0.475. The smallest absolute Gasteiger partial charge is 0.251 e. The summed E-state index contributed by atoms with van der Waals surface area (Å²) >= 11 is 0. The van der Waals surface area contributed by atoms with Crippen LogP contribution in [0.1, 0.15) is 61.7 Å². The van der Waals surface area contributed by atoms with Gasteiger partial charge < -0.3 is 15.7 Å². The molecule has 28 heavy (non-hydrogen) atoms. The summed E-state index contributed by atoms with van der Waals surface area (Å²) in [5.74, 6) is 0.870. The molecule has 6 heteroatoms. The Morgan fingerprint density at radius 3 is 2.54 bits per heavy atom. The van der Waals surface area contributed by atoms with Crippen LogP contribution in [-0.4, -0.2) is 53.0 Å². The molecule has 6 nitrogen and oxygen atoms in total. The largest absolute Gasteiger partial charge is 0.508 e. The summed E-state index contributed by atoms with van der Waals surface area (Å²) in [4.78, 5) is 27.3. The van der Waals surface area contributed by atoms with Gasteiger partial charge in [-0.05, 0) is 69.1 Å². The van der Waals surface area contributed by atoms with Crippen LogP contribution in [0.3, 0.4) is 0 Å². The number of amides is 2. The number of hydrogen-bond acceptors (Lipinski definition) is 4. The normalized spacial score (nSPS) is 25.3. The molecule has 1 heterocycles. The number of benzene rings is 1. The number of aromatic hydroxyl groups is 1. The van der Waals surface area contributed by atoms with Crippen molar-refractivity contribution in [2.45, 2.75) is 69.5 Å². The summed E-state index contributed by atoms with van der Waals surface area (Å²) in [6, 6.07) is 7.38. The second-order valence-electron chi connectivity index (χ2n) is 8.68. The fourth-order valence-corrected chi connectivity index (χ4v) is 4.36. The average Bonchev–Trinajstić information content (AvgIpc) is 3.39. The lowest BCUT2D eigenvalue weighted by Crippen LogP contribution is -2.47. The van der Waals surface area contributed by atoms with E-state index in [4.69, 9.17) is 0 Å². The summed E-state index contributed by atoms with van der Waals surface area (Å²) in [6.07, 6.45) is 8.60. The standard InChI is InChI=1S/C22H31N3O3/c26-20-6-1-3-16(11-20)22(28)23-13-19-10-9-18(25(19)14-15-7-8-15)12-21(27)24-17-4-2-5-17/h1,3,6,11,15,17-19,26H,2,4-5,7-10,12-14H2,(H,23,28)(H,24,27)/t18-,19+/m1/s1. The Morgan fingerprint density at radius 2 is 1.86 bits per heavy atom. The van der Waals surface area contributed by atoms with E-state index in [9.17, 15) is 14.7 Å². The van der Waals surface area contributed by atoms with E-state index in [1.807, 2.05) is 0 Å². The highest BCUT2D eigenvalue weighted by Crippen LogP contribution is 2.35. The Balaban J connectivity index is 1.31. The van der Waals surface area contributed by atoms with Crippen LogP contribution in [0.2, 0.25) is 0 Å². The Hall–Kier alpha value is -2.08. The van der Waals surface area contributed by atoms with Crippen molar-refractivity contribution in [3.8, 4) is 5.75 Å². The van der Waals surface area contributed by atoms with Gasteiger partial charge in [-0.15, -0.1) is 0 Å². The molecule has 0 radical (unpaired) electrons. The molecule has 0 aromatic heterocycles. The zero-order valence-corrected chi connectivity index (χ0v) is 16.4. The van der Waals surface area contributed by atoms with Gasteiger partial charge >= 0.3 is 0 Å². The van der Waals surface area contributed by atoms with Crippen molar-refractivity contribution < 1.29 is 14.7 Å². The molecule has 3 fully saturated rings. The SMILES string of the molecule is O=C(C[C@H]1CC[C@@H](CNC(=O)c2cccc(O)c2)N1CC1CC1)NC1CCC1. The van der Waals surface area contributed by atoms with Gasteiger partial charge in [0.15, 0.2) is 0 Å². The van der Waals surface area contributed by atoms with Gasteiger partial charge in [0.25, 0.3) is 5.91 Å². The minimum Gasteiger partial charge on any atom is -0.508 e. The average molecular weight is 386 g/mol. The molecule has 0 bridgehead atoms. The Bertz CT molecular complexity index is 715. The zero-order valence-electron chi connectivity index (χ0n) is 16.4. The molecule has 152 valence electrons. The molecule has 1 aromatic carbocycles. The molecule has 0 spiro atoms. The number of carbonyl (C=O) groups excluding carboxylic acids is 2. The summed E-state index contributed by atoms with van der Waals surface area (Å²) in [7, 11) is 0. The maximum Gasteiger partial charge on any atom is 0.251 e. The van der Waals surface area contributed by atoms with Crippen molar-refractivity contribution in [1.82, 2.24) is 15.5 Å². The van der Waals surface area contributed by atoms with Crippen LogP contribution in [0.15, 0.2) is 24.3 Å². The second kappa shape index (κ2) is 8.52. The Kier molecular flexibility index (Phi) is 5.85. The van der Waals surface area contributed by atoms with E-state index < -0.39 is 0 Å². The molecule has 4 rings (SSSR count). The number of carbonyl (C=O) groups is 2. The quantitative estimate of drug-likeness (QED) is 0.642. The summed E-state index contributed by atoms with van der Waals surface area (Å²) in [6.45, 7) is 1.62. The molecular weight excluding hydrogens is 354 g/mol. The predicted octanol–water partition coefficient (Wildman–Crippen LogP) is 2.42. The fraction of sp³-hybridized carbons (Fsp3) is 0.636. The molecule has 1 aromatic rings. The van der Waals surface area contributed by atoms with Gasteiger partial charge in [0, 0.05) is 43.2 Å². The van der Waals surface area contributed by atoms with Gasteiger partial charge in [-0.2, -0.15) is 0 Å². The molecule has 3 N–H and O–H groups in total. The lowest BCUT2D eigenvalue weighted by Gasteiger charge is -2.31. The van der Waals surface area contributed by atoms with E-state index in [1.165, 1.54) is 25.3 Å². The number of phenols is 1. The van der Waals surface area contributed by atoms with E-state index in [-0.39, 0.29) is 29.6 Å². The summed E-state index contributed by atoms with van der Waals surface area (Å²) in [5, 5.41) is 15.8. The third kappa shape index (κ3) is 4.85. The van der Waals surface area contributed by atoms with Crippen LogP contribution >= 0.6 is 0 Å². The lowest BCUT2D eigenvalue weighted by molar-refractivity contribution is -0.123. The monoisotopic (exact) mass is 385 g/mol. The van der Waals surface area contributed by atoms with E-state index in [2.05, 4.69) is 15.5 Å². The van der Waals surface area contributed by atoms with Crippen molar-refractivity contribution in [3.05, 3.63) is 29.8 Å². The van der Waals surface area contributed by atoms with Gasteiger partial charge in [0.2, 0.25) is 5.91 Å². The maximum atomic E-state index is 12.4. The Morgan fingerprint density at radius 1 is 1.07 bits per heavy atom. The van der Waals surface area contributed by atoms with Crippen molar-refractivity contribution in [2.24, 2.45) is 5.92 Å². The van der Waals surface area contributed by atoms with Gasteiger partial charge in [-0.25, -0.2) is 0 Å². The first-order valence-corrected chi connectivity index (χ1v) is 10.7. The molecule has 2 saturated carbocycles. The van der Waals surface area contributed by atoms with Crippen LogP contribution in [-0.2, 0) is 4.79 Å². The first-order valence-electron chi connectivity index (χ1n) is 10.7. The van der Waals surface area contributed by atoms with Gasteiger partial charge in [-0.3, -0.25) is 14.5 Å². The predicted molar refractivity (Wildman–Crippen MR) is 107 cm³/mol. The molecule has 0 unspecified atom stereocenters. The topological polar surface area (TPSA) is 81.7 Å². The highest BCUT2D eigenvalue weighted by atomic mass is 16.3. The van der Waals surface area contributed by atoms with Gasteiger partial charge in [-0.1, -0.05) is 6.07 Å². The third-order valence-corrected chi connectivity index (χ3v) is 6.43. The minimum absolute atomic E-state index is 0.0985. The molecule has 2 atom stereocenters. The number of hydrogen-bond donors (Lipinski definition) is 3. The van der Waals surface area contributed by atoms with Crippen LogP contribution in [0.4, 0.5) is 0 Å². The number of likely N-dealkylation sites (tertiary alicyclic amines) is 1. The molecule has 2 aliphatic carbocycles. The molecule has 1 saturated heterocycles. The molecule has 3 aliphatic rings. The zero-order chi connectivity index (χ0) is 19.5. The van der Waals surface area contributed by atoms with E-state index >= 15 is 0 Å². The number of phenolic OH excluding ortho intramolecular Hbond substituents is 1. The van der Waals surface area contributed by atoms with Crippen molar-refractivity contribution in [3.63, 3.8) is 0 Å².